The average molecular weight is 697 g/mol. The van der Waals surface area contributed by atoms with Gasteiger partial charge in [0.25, 0.3) is 0 Å². The lowest BCUT2D eigenvalue weighted by molar-refractivity contribution is 0.0527. The van der Waals surface area contributed by atoms with Crippen LogP contribution in [-0.4, -0.2) is 69.8 Å². The monoisotopic (exact) mass is 695 g/mol. The number of phenolic OH excluding ortho intramolecular Hbond substituents is 1. The number of carbonyl (C=O) groups excluding carboxylic acids is 1. The van der Waals surface area contributed by atoms with Crippen molar-refractivity contribution in [3.63, 3.8) is 0 Å². The zero-order chi connectivity index (χ0) is 27.8. The number of hydrogen-bond donors (Lipinski definition) is 1. The number of likely N-dealkylation sites (N-methyl/N-ethyl adjacent to an activating group) is 1. The van der Waals surface area contributed by atoms with Crippen LogP contribution in [0, 0.1) is 11.6 Å². The summed E-state index contributed by atoms with van der Waals surface area (Å²) in [5, 5.41) is 11.8. The number of aromatic nitrogens is 1. The predicted octanol–water partition coefficient (Wildman–Crippen LogP) is 5.94. The molecule has 13 heteroatoms. The zero-order valence-corrected chi connectivity index (χ0v) is 26.9. The fourth-order valence-corrected chi connectivity index (χ4v) is 6.97. The number of nitrogens with zero attached hydrogens (tertiary/aromatic N) is 3. The third kappa shape index (κ3) is 7.31. The first-order valence-corrected chi connectivity index (χ1v) is 15.4. The molecule has 3 aromatic rings. The fraction of sp³-hybridized carbons (Fsp3) is 0.464. The minimum absolute atomic E-state index is 0. The summed E-state index contributed by atoms with van der Waals surface area (Å²) in [4.78, 5) is 18.0. The maximum Gasteiger partial charge on any atom is 0.340 e. The highest BCUT2D eigenvalue weighted by Gasteiger charge is 2.36. The lowest BCUT2D eigenvalue weighted by Gasteiger charge is -2.32. The number of ether oxygens (including phenoxy) is 1. The summed E-state index contributed by atoms with van der Waals surface area (Å²) in [6.07, 6.45) is 1.84. The van der Waals surface area contributed by atoms with Gasteiger partial charge >= 0.3 is 5.97 Å². The molecule has 2 fully saturated rings. The molecule has 2 heterocycles. The Bertz CT molecular complexity index is 1400. The molecule has 0 spiro atoms. The summed E-state index contributed by atoms with van der Waals surface area (Å²) in [6.45, 7) is 5.81. The van der Waals surface area contributed by atoms with E-state index in [1.807, 2.05) is 6.07 Å². The Labute approximate surface area is 262 Å². The van der Waals surface area contributed by atoms with Gasteiger partial charge in [-0.25, -0.2) is 13.6 Å². The number of halogens is 5. The quantitative estimate of drug-likeness (QED) is 0.221. The molecule has 1 atom stereocenters. The predicted molar refractivity (Wildman–Crippen MR) is 165 cm³/mol. The number of fused-ring (bicyclic) bond motifs is 1. The van der Waals surface area contributed by atoms with Crippen molar-refractivity contribution in [2.75, 3.05) is 39.8 Å². The van der Waals surface area contributed by atoms with Crippen molar-refractivity contribution in [3.8, 4) is 5.75 Å². The Morgan fingerprint density at radius 2 is 1.80 bits per heavy atom. The molecule has 1 aliphatic heterocycles. The Morgan fingerprint density at radius 1 is 1.12 bits per heavy atom. The van der Waals surface area contributed by atoms with Gasteiger partial charge in [-0.05, 0) is 72.1 Å². The number of benzene rings is 2. The zero-order valence-electron chi connectivity index (χ0n) is 22.8. The molecule has 1 aromatic heterocycles. The van der Waals surface area contributed by atoms with Crippen LogP contribution in [0.1, 0.15) is 53.0 Å². The normalized spacial score (nSPS) is 16.7. The van der Waals surface area contributed by atoms with Gasteiger partial charge in [0.2, 0.25) is 0 Å². The summed E-state index contributed by atoms with van der Waals surface area (Å²) >= 11 is 1.99. The van der Waals surface area contributed by atoms with Crippen LogP contribution in [0.4, 0.5) is 8.78 Å². The number of piperazine rings is 1. The average Bonchev–Trinajstić information content (AvgIpc) is 3.68. The van der Waals surface area contributed by atoms with Crippen molar-refractivity contribution in [2.45, 2.75) is 43.9 Å². The highest BCUT2D eigenvalue weighted by Crippen LogP contribution is 2.46. The third-order valence-electron chi connectivity index (χ3n) is 7.40. The van der Waals surface area contributed by atoms with Gasteiger partial charge in [0.05, 0.1) is 27.9 Å². The molecule has 2 aliphatic rings. The van der Waals surface area contributed by atoms with E-state index in [0.717, 1.165) is 56.7 Å². The molecular formula is C28H34BrCl2F2N3O4S. The minimum Gasteiger partial charge on any atom is -0.616 e. The molecule has 41 heavy (non-hydrogen) atoms. The number of phenols is 1. The molecule has 0 bridgehead atoms. The second-order valence-electron chi connectivity index (χ2n) is 10.3. The number of rotatable bonds is 9. The van der Waals surface area contributed by atoms with Gasteiger partial charge in [0.1, 0.15) is 17.3 Å². The van der Waals surface area contributed by atoms with E-state index in [1.54, 1.807) is 6.92 Å². The van der Waals surface area contributed by atoms with Crippen LogP contribution in [0.3, 0.4) is 0 Å². The Balaban J connectivity index is 0.00000231. The van der Waals surface area contributed by atoms with E-state index in [-0.39, 0.29) is 54.7 Å². The van der Waals surface area contributed by atoms with E-state index in [2.05, 4.69) is 37.3 Å². The molecule has 226 valence electrons. The van der Waals surface area contributed by atoms with E-state index < -0.39 is 28.8 Å². The van der Waals surface area contributed by atoms with Gasteiger partial charge in [0.15, 0.2) is 11.6 Å². The Kier molecular flexibility index (Phi) is 11.8. The maximum absolute atomic E-state index is 13.8. The molecule has 1 saturated heterocycles. The molecule has 1 saturated carbocycles. The van der Waals surface area contributed by atoms with Crippen molar-refractivity contribution < 1.29 is 28.0 Å². The summed E-state index contributed by atoms with van der Waals surface area (Å²) in [6, 6.07) is 5.46. The molecule has 1 N–H and O–H groups in total. The van der Waals surface area contributed by atoms with Crippen LogP contribution < -0.4 is 0 Å². The van der Waals surface area contributed by atoms with Crippen LogP contribution in [0.2, 0.25) is 0 Å². The van der Waals surface area contributed by atoms with E-state index >= 15 is 0 Å². The summed E-state index contributed by atoms with van der Waals surface area (Å²) < 4.78 is 48.7. The number of carbonyl (C=O) groups is 1. The SMILES string of the molecule is CCOC(=O)c1c(C[S+]([O-])Cc2ccc(F)c(F)c2)n(C2CC2)c2cc(Br)c(O)c(CN3CCN(C)CC3)c12.Cl.Cl. The van der Waals surface area contributed by atoms with Crippen LogP contribution in [-0.2, 0) is 34.0 Å². The lowest BCUT2D eigenvalue weighted by Crippen LogP contribution is -2.43. The van der Waals surface area contributed by atoms with Crippen LogP contribution in [0.25, 0.3) is 10.9 Å². The third-order valence-corrected chi connectivity index (χ3v) is 9.26. The molecule has 0 radical (unpaired) electrons. The lowest BCUT2D eigenvalue weighted by atomic mass is 10.0. The summed E-state index contributed by atoms with van der Waals surface area (Å²) in [5.74, 6) is -2.35. The number of esters is 1. The van der Waals surface area contributed by atoms with Gasteiger partial charge in [-0.3, -0.25) is 4.90 Å². The second kappa shape index (κ2) is 14.2. The Morgan fingerprint density at radius 3 is 2.41 bits per heavy atom. The Hall–Kier alpha value is -1.60. The number of aromatic hydroxyl groups is 1. The molecule has 0 amide bonds. The van der Waals surface area contributed by atoms with E-state index in [4.69, 9.17) is 4.74 Å². The van der Waals surface area contributed by atoms with Gasteiger partial charge in [0, 0.05) is 55.3 Å². The van der Waals surface area contributed by atoms with Crippen LogP contribution in [0.15, 0.2) is 28.7 Å². The van der Waals surface area contributed by atoms with E-state index in [9.17, 15) is 23.2 Å². The van der Waals surface area contributed by atoms with Crippen molar-refractivity contribution in [3.05, 3.63) is 62.8 Å². The molecule has 7 nitrogen and oxygen atoms in total. The smallest absolute Gasteiger partial charge is 0.340 e. The van der Waals surface area contributed by atoms with Gasteiger partial charge in [-0.1, -0.05) is 6.07 Å². The van der Waals surface area contributed by atoms with Gasteiger partial charge in [-0.2, -0.15) is 0 Å². The summed E-state index contributed by atoms with van der Waals surface area (Å²) in [7, 11) is 2.08. The molecule has 1 unspecified atom stereocenters. The van der Waals surface area contributed by atoms with Crippen LogP contribution >= 0.6 is 40.7 Å². The molecule has 2 aromatic carbocycles. The standard InChI is InChI=1S/C28H32BrF2N3O4S.2ClH/c1-3-38-28(36)26-24(16-39(37)15-17-4-7-21(30)22(31)12-17)34(18-5-6-18)23-13-20(29)27(35)19(25(23)26)14-33-10-8-32(2)9-11-33;;/h4,7,12-13,18,35H,3,5-6,8-11,14-16H2,1-2H3;2*1H. The highest BCUT2D eigenvalue weighted by atomic mass is 79.9. The fourth-order valence-electron chi connectivity index (χ4n) is 5.27. The largest absolute Gasteiger partial charge is 0.616 e. The molecule has 1 aliphatic carbocycles. The van der Waals surface area contributed by atoms with Crippen molar-refractivity contribution in [1.82, 2.24) is 14.4 Å². The van der Waals surface area contributed by atoms with Crippen molar-refractivity contribution in [2.24, 2.45) is 0 Å². The van der Waals surface area contributed by atoms with Crippen LogP contribution in [0.5, 0.6) is 5.75 Å². The second-order valence-corrected chi connectivity index (χ2v) is 12.6. The van der Waals surface area contributed by atoms with Crippen molar-refractivity contribution >= 4 is 68.8 Å². The highest BCUT2D eigenvalue weighted by molar-refractivity contribution is 9.10. The minimum atomic E-state index is -1.53. The first kappa shape index (κ1) is 33.9. The van der Waals surface area contributed by atoms with Gasteiger partial charge < -0.3 is 23.9 Å². The van der Waals surface area contributed by atoms with Gasteiger partial charge in [-0.15, -0.1) is 24.8 Å². The topological polar surface area (TPSA) is 81.0 Å². The first-order chi connectivity index (χ1) is 18.7. The first-order valence-electron chi connectivity index (χ1n) is 13.1. The molecular weight excluding hydrogens is 663 g/mol. The summed E-state index contributed by atoms with van der Waals surface area (Å²) in [5.41, 5.74) is 2.75. The van der Waals surface area contributed by atoms with Crippen molar-refractivity contribution in [1.29, 1.82) is 0 Å². The molecule has 5 rings (SSSR count). The maximum atomic E-state index is 13.8. The number of hydrogen-bond acceptors (Lipinski definition) is 6. The van der Waals surface area contributed by atoms with E-state index in [0.29, 0.717) is 38.8 Å². The van der Waals surface area contributed by atoms with E-state index in [1.165, 1.54) is 6.07 Å².